The summed E-state index contributed by atoms with van der Waals surface area (Å²) in [6, 6.07) is 73.0. The molecule has 11 rings (SSSR count). The summed E-state index contributed by atoms with van der Waals surface area (Å²) in [5.74, 6) is 0. The lowest BCUT2D eigenvalue weighted by atomic mass is 9.92. The van der Waals surface area contributed by atoms with Gasteiger partial charge in [0.05, 0.1) is 22.1 Å². The predicted molar refractivity (Wildman–Crippen MR) is 237 cm³/mol. The number of para-hydroxylation sites is 3. The Morgan fingerprint density at radius 2 is 0.800 bits per heavy atom. The Hall–Kier alpha value is -6.68. The molecule has 9 aromatic carbocycles. The maximum atomic E-state index is 3.87. The molecule has 0 radical (unpaired) electrons. The molecule has 0 saturated carbocycles. The van der Waals surface area contributed by atoms with Gasteiger partial charge in [-0.25, -0.2) is 0 Å². The van der Waals surface area contributed by atoms with Gasteiger partial charge in [-0.2, -0.15) is 0 Å². The average molecular weight is 766 g/mol. The molecule has 0 spiro atoms. The number of rotatable bonds is 5. The minimum atomic E-state index is 1.08. The van der Waals surface area contributed by atoms with Crippen LogP contribution >= 0.6 is 15.9 Å². The molecule has 0 atom stereocenters. The lowest BCUT2D eigenvalue weighted by molar-refractivity contribution is 1.18. The molecule has 0 aliphatic carbocycles. The fourth-order valence-electron chi connectivity index (χ4n) is 8.57. The van der Waals surface area contributed by atoms with Crippen molar-refractivity contribution in [3.63, 3.8) is 0 Å². The largest absolute Gasteiger partial charge is 0.309 e. The number of hydrogen-bond donors (Lipinski definition) is 0. The number of halogens is 1. The van der Waals surface area contributed by atoms with Gasteiger partial charge in [0.15, 0.2) is 0 Å². The van der Waals surface area contributed by atoms with Crippen LogP contribution in [0.15, 0.2) is 205 Å². The van der Waals surface area contributed by atoms with Crippen molar-refractivity contribution in [2.24, 2.45) is 0 Å². The van der Waals surface area contributed by atoms with Gasteiger partial charge in [0, 0.05) is 37.4 Å². The van der Waals surface area contributed by atoms with Gasteiger partial charge in [-0.1, -0.05) is 131 Å². The standard InChI is InChI=1S/C52H33BrN2/c53-48-19-9-6-16-43(48)40-29-38(36-23-26-51-46(32-36)44-17-7-10-20-49(44)54(51)41-14-2-1-3-15-41)28-39(30-40)37-24-27-52-47(33-37)45-18-8-11-21-50(45)55(52)42-25-22-34-12-4-5-13-35(34)31-42/h1-33H. The highest BCUT2D eigenvalue weighted by Gasteiger charge is 2.17. The number of benzene rings is 9. The monoisotopic (exact) mass is 764 g/mol. The van der Waals surface area contributed by atoms with Crippen molar-refractivity contribution in [3.8, 4) is 44.8 Å². The maximum Gasteiger partial charge on any atom is 0.0541 e. The van der Waals surface area contributed by atoms with Crippen LogP contribution in [0.3, 0.4) is 0 Å². The molecule has 0 aliphatic heterocycles. The highest BCUT2D eigenvalue weighted by molar-refractivity contribution is 9.10. The SMILES string of the molecule is Brc1ccccc1-c1cc(-c2ccc3c(c2)c2ccccc2n3-c2ccccc2)cc(-c2ccc3c(c2)c2ccccc2n3-c2ccc3ccccc3c2)c1. The first-order valence-corrected chi connectivity index (χ1v) is 19.5. The second-order valence-corrected chi connectivity index (χ2v) is 15.2. The van der Waals surface area contributed by atoms with Crippen LogP contribution in [0.5, 0.6) is 0 Å². The Labute approximate surface area is 327 Å². The highest BCUT2D eigenvalue weighted by atomic mass is 79.9. The first-order valence-electron chi connectivity index (χ1n) is 18.7. The van der Waals surface area contributed by atoms with Crippen LogP contribution in [-0.2, 0) is 0 Å². The number of fused-ring (bicyclic) bond motifs is 7. The lowest BCUT2D eigenvalue weighted by Crippen LogP contribution is -1.94. The molecule has 11 aromatic rings. The van der Waals surface area contributed by atoms with E-state index in [4.69, 9.17) is 0 Å². The maximum absolute atomic E-state index is 3.87. The van der Waals surface area contributed by atoms with Gasteiger partial charge < -0.3 is 9.13 Å². The first-order chi connectivity index (χ1) is 27.2. The number of aromatic nitrogens is 2. The van der Waals surface area contributed by atoms with E-state index < -0.39 is 0 Å². The fourth-order valence-corrected chi connectivity index (χ4v) is 9.08. The Morgan fingerprint density at radius 1 is 0.291 bits per heavy atom. The van der Waals surface area contributed by atoms with Gasteiger partial charge >= 0.3 is 0 Å². The van der Waals surface area contributed by atoms with Crippen molar-refractivity contribution in [1.82, 2.24) is 9.13 Å². The molecule has 0 fully saturated rings. The highest BCUT2D eigenvalue weighted by Crippen LogP contribution is 2.41. The van der Waals surface area contributed by atoms with Gasteiger partial charge in [0.2, 0.25) is 0 Å². The Morgan fingerprint density at radius 3 is 1.45 bits per heavy atom. The van der Waals surface area contributed by atoms with E-state index in [-0.39, 0.29) is 0 Å². The van der Waals surface area contributed by atoms with Crippen LogP contribution in [0.1, 0.15) is 0 Å². The third kappa shape index (κ3) is 5.23. The molecular formula is C52H33BrN2. The molecule has 3 heteroatoms. The zero-order valence-corrected chi connectivity index (χ0v) is 31.4. The normalized spacial score (nSPS) is 11.7. The van der Waals surface area contributed by atoms with Gasteiger partial charge in [0.1, 0.15) is 0 Å². The molecule has 2 aromatic heterocycles. The molecule has 0 amide bonds. The summed E-state index contributed by atoms with van der Waals surface area (Å²) >= 11 is 3.87. The van der Waals surface area contributed by atoms with Crippen LogP contribution < -0.4 is 0 Å². The van der Waals surface area contributed by atoms with E-state index in [1.807, 2.05) is 0 Å². The van der Waals surface area contributed by atoms with E-state index in [0.717, 1.165) is 10.2 Å². The van der Waals surface area contributed by atoms with Gasteiger partial charge in [-0.05, 0) is 129 Å². The summed E-state index contributed by atoms with van der Waals surface area (Å²) in [4.78, 5) is 0. The molecule has 2 nitrogen and oxygen atoms in total. The van der Waals surface area contributed by atoms with Crippen LogP contribution in [0, 0.1) is 0 Å². The second-order valence-electron chi connectivity index (χ2n) is 14.3. The predicted octanol–water partition coefficient (Wildman–Crippen LogP) is 14.8. The summed E-state index contributed by atoms with van der Waals surface area (Å²) in [7, 11) is 0. The quantitative estimate of drug-likeness (QED) is 0.165. The second kappa shape index (κ2) is 12.7. The third-order valence-corrected chi connectivity index (χ3v) is 11.8. The summed E-state index contributed by atoms with van der Waals surface area (Å²) in [6.07, 6.45) is 0. The topological polar surface area (TPSA) is 9.86 Å². The fraction of sp³-hybridized carbons (Fsp3) is 0. The van der Waals surface area contributed by atoms with E-state index in [1.54, 1.807) is 0 Å². The van der Waals surface area contributed by atoms with Crippen LogP contribution in [0.2, 0.25) is 0 Å². The smallest absolute Gasteiger partial charge is 0.0541 e. The first kappa shape index (κ1) is 31.8. The molecule has 0 saturated heterocycles. The van der Waals surface area contributed by atoms with Gasteiger partial charge in [-0.3, -0.25) is 0 Å². The molecule has 0 aliphatic rings. The minimum absolute atomic E-state index is 1.08. The molecule has 0 bridgehead atoms. The molecule has 258 valence electrons. The van der Waals surface area contributed by atoms with E-state index in [0.29, 0.717) is 0 Å². The van der Waals surface area contributed by atoms with Crippen molar-refractivity contribution < 1.29 is 0 Å². The van der Waals surface area contributed by atoms with Crippen molar-refractivity contribution in [2.45, 2.75) is 0 Å². The van der Waals surface area contributed by atoms with Crippen LogP contribution in [0.4, 0.5) is 0 Å². The third-order valence-electron chi connectivity index (χ3n) is 11.1. The van der Waals surface area contributed by atoms with Crippen molar-refractivity contribution in [3.05, 3.63) is 205 Å². The molecule has 2 heterocycles. The van der Waals surface area contributed by atoms with Gasteiger partial charge in [-0.15, -0.1) is 0 Å². The lowest BCUT2D eigenvalue weighted by Gasteiger charge is -2.14. The van der Waals surface area contributed by atoms with E-state index >= 15 is 0 Å². The summed E-state index contributed by atoms with van der Waals surface area (Å²) < 4.78 is 5.86. The average Bonchev–Trinajstić information content (AvgIpc) is 3.76. The molecule has 0 unspecified atom stereocenters. The van der Waals surface area contributed by atoms with E-state index in [2.05, 4.69) is 225 Å². The van der Waals surface area contributed by atoms with Crippen LogP contribution in [0.25, 0.3) is 99.1 Å². The van der Waals surface area contributed by atoms with E-state index in [9.17, 15) is 0 Å². The minimum Gasteiger partial charge on any atom is -0.309 e. The molecular weight excluding hydrogens is 732 g/mol. The summed E-state index contributed by atoms with van der Waals surface area (Å²) in [6.45, 7) is 0. The zero-order chi connectivity index (χ0) is 36.5. The number of nitrogens with zero attached hydrogens (tertiary/aromatic N) is 2. The molecule has 0 N–H and O–H groups in total. The van der Waals surface area contributed by atoms with E-state index in [1.165, 1.54) is 93.5 Å². The Balaban J connectivity index is 1.11. The Kier molecular flexibility index (Phi) is 7.36. The summed E-state index contributed by atoms with van der Waals surface area (Å²) in [5, 5.41) is 7.46. The van der Waals surface area contributed by atoms with Gasteiger partial charge in [0.25, 0.3) is 0 Å². The zero-order valence-electron chi connectivity index (χ0n) is 29.8. The van der Waals surface area contributed by atoms with Crippen LogP contribution in [-0.4, -0.2) is 9.13 Å². The molecule has 55 heavy (non-hydrogen) atoms. The summed E-state index contributed by atoms with van der Waals surface area (Å²) in [5.41, 5.74) is 14.2. The number of hydrogen-bond acceptors (Lipinski definition) is 0. The van der Waals surface area contributed by atoms with Crippen molar-refractivity contribution in [1.29, 1.82) is 0 Å². The van der Waals surface area contributed by atoms with Crippen molar-refractivity contribution in [2.75, 3.05) is 0 Å². The Bertz CT molecular complexity index is 3280. The van der Waals surface area contributed by atoms with Crippen molar-refractivity contribution >= 4 is 70.3 Å².